The molecule has 1 aromatic heterocycles. The number of nitrogens with two attached hydrogens (primary N) is 1. The molecule has 1 atom stereocenters. The third-order valence-corrected chi connectivity index (χ3v) is 3.55. The van der Waals surface area contributed by atoms with Crippen LogP contribution in [0.1, 0.15) is 17.3 Å². The van der Waals surface area contributed by atoms with Gasteiger partial charge in [0, 0.05) is 0 Å². The zero-order valence-electron chi connectivity index (χ0n) is 11.9. The highest BCUT2D eigenvalue weighted by Gasteiger charge is 2.24. The minimum absolute atomic E-state index is 0.0218. The smallest absolute Gasteiger partial charge is 0.289 e. The second kappa shape index (κ2) is 6.49. The van der Waals surface area contributed by atoms with Crippen LogP contribution in [0.5, 0.6) is 5.75 Å². The maximum atomic E-state index is 12.8. The van der Waals surface area contributed by atoms with Gasteiger partial charge in [0.05, 0.1) is 0 Å². The average Bonchev–Trinajstić information content (AvgIpc) is 2.84. The van der Waals surface area contributed by atoms with Gasteiger partial charge in [-0.1, -0.05) is 0 Å². The molecule has 0 bridgehead atoms. The minimum atomic E-state index is -0.895. The lowest BCUT2D eigenvalue weighted by Crippen LogP contribution is -2.31. The number of carbonyl (C=O) groups is 1. The first kappa shape index (κ1) is 15.9. The molecular formula is C14H13FN4O2S. The predicted octanol–water partition coefficient (Wildman–Crippen LogP) is 2.31. The highest BCUT2D eigenvalue weighted by Crippen LogP contribution is 2.24. The van der Waals surface area contributed by atoms with Gasteiger partial charge in [-0.25, -0.2) is 4.39 Å². The maximum absolute atomic E-state index is 12.8. The molecule has 0 saturated heterocycles. The number of aromatic nitrogens is 2. The molecule has 0 fully saturated rings. The first-order valence-corrected chi connectivity index (χ1v) is 7.49. The van der Waals surface area contributed by atoms with Gasteiger partial charge in [0.15, 0.2) is 6.10 Å². The van der Waals surface area contributed by atoms with E-state index in [0.717, 1.165) is 4.68 Å². The van der Waals surface area contributed by atoms with Gasteiger partial charge < -0.3 is 10.5 Å². The quantitative estimate of drug-likeness (QED) is 0.869. The Morgan fingerprint density at radius 2 is 2.14 bits per heavy atom. The van der Waals surface area contributed by atoms with Crippen LogP contribution in [0.25, 0.3) is 0 Å². The molecule has 2 rings (SSSR count). The topological polar surface area (TPSA) is 93.9 Å². The summed E-state index contributed by atoms with van der Waals surface area (Å²) < 4.78 is 19.2. The normalized spacial score (nSPS) is 11.7. The summed E-state index contributed by atoms with van der Waals surface area (Å²) in [5.41, 5.74) is 5.94. The lowest BCUT2D eigenvalue weighted by molar-refractivity contribution is 0.0712. The molecular weight excluding hydrogens is 307 g/mol. The summed E-state index contributed by atoms with van der Waals surface area (Å²) in [6.07, 6.45) is 0.837. The van der Waals surface area contributed by atoms with Crippen molar-refractivity contribution < 1.29 is 13.9 Å². The molecule has 6 nitrogen and oxygen atoms in total. The molecule has 1 heterocycles. The molecule has 0 aliphatic carbocycles. The SMILES string of the molecule is CSc1nn(C(=O)C(C)Oc2ccc(F)cc2)c(N)c1C#N. The van der Waals surface area contributed by atoms with Crippen LogP contribution in [-0.4, -0.2) is 28.0 Å². The van der Waals surface area contributed by atoms with Crippen LogP contribution in [0.4, 0.5) is 10.2 Å². The van der Waals surface area contributed by atoms with Crippen LogP contribution in [0, 0.1) is 17.1 Å². The zero-order chi connectivity index (χ0) is 16.3. The predicted molar refractivity (Wildman–Crippen MR) is 80.3 cm³/mol. The summed E-state index contributed by atoms with van der Waals surface area (Å²) in [7, 11) is 0. The van der Waals surface area contributed by atoms with Crippen molar-refractivity contribution in [3.05, 3.63) is 35.6 Å². The second-order valence-electron chi connectivity index (χ2n) is 4.35. The van der Waals surface area contributed by atoms with Gasteiger partial charge in [-0.2, -0.15) is 15.0 Å². The van der Waals surface area contributed by atoms with E-state index in [1.54, 1.807) is 6.26 Å². The van der Waals surface area contributed by atoms with Crippen molar-refractivity contribution in [1.82, 2.24) is 9.78 Å². The van der Waals surface area contributed by atoms with Crippen molar-refractivity contribution in [2.45, 2.75) is 18.1 Å². The number of halogens is 1. The van der Waals surface area contributed by atoms with Crippen molar-refractivity contribution in [3.8, 4) is 11.8 Å². The van der Waals surface area contributed by atoms with E-state index in [4.69, 9.17) is 15.7 Å². The van der Waals surface area contributed by atoms with Crippen molar-refractivity contribution in [1.29, 1.82) is 5.26 Å². The highest BCUT2D eigenvalue weighted by molar-refractivity contribution is 7.98. The van der Waals surface area contributed by atoms with Gasteiger partial charge in [-0.05, 0) is 37.4 Å². The molecule has 0 spiro atoms. The van der Waals surface area contributed by atoms with Crippen molar-refractivity contribution >= 4 is 23.5 Å². The number of anilines is 1. The highest BCUT2D eigenvalue weighted by atomic mass is 32.2. The summed E-state index contributed by atoms with van der Waals surface area (Å²) in [6.45, 7) is 1.53. The molecule has 0 aliphatic heterocycles. The number of nitrogen functional groups attached to an aromatic ring is 1. The minimum Gasteiger partial charge on any atom is -0.481 e. The van der Waals surface area contributed by atoms with E-state index >= 15 is 0 Å². The summed E-state index contributed by atoms with van der Waals surface area (Å²) >= 11 is 1.22. The van der Waals surface area contributed by atoms with Gasteiger partial charge in [-0.3, -0.25) is 4.79 Å². The van der Waals surface area contributed by atoms with E-state index in [1.807, 2.05) is 6.07 Å². The third-order valence-electron chi connectivity index (χ3n) is 2.88. The number of hydrogen-bond acceptors (Lipinski definition) is 6. The van der Waals surface area contributed by atoms with E-state index in [0.29, 0.717) is 10.8 Å². The Labute approximate surface area is 130 Å². The lowest BCUT2D eigenvalue weighted by Gasteiger charge is -2.13. The van der Waals surface area contributed by atoms with Gasteiger partial charge >= 0.3 is 0 Å². The third kappa shape index (κ3) is 3.04. The molecule has 114 valence electrons. The van der Waals surface area contributed by atoms with Crippen LogP contribution in [-0.2, 0) is 0 Å². The molecule has 1 unspecified atom stereocenters. The van der Waals surface area contributed by atoms with Gasteiger partial charge in [0.2, 0.25) is 0 Å². The summed E-state index contributed by atoms with van der Waals surface area (Å²) in [5.74, 6) is -0.588. The second-order valence-corrected chi connectivity index (χ2v) is 5.14. The fourth-order valence-corrected chi connectivity index (χ4v) is 2.28. The van der Waals surface area contributed by atoms with E-state index in [1.165, 1.54) is 43.0 Å². The summed E-state index contributed by atoms with van der Waals surface area (Å²) in [4.78, 5) is 12.3. The number of benzene rings is 1. The van der Waals surface area contributed by atoms with Gasteiger partial charge in [0.1, 0.15) is 34.0 Å². The number of hydrogen-bond donors (Lipinski definition) is 1. The molecule has 1 aromatic carbocycles. The Morgan fingerprint density at radius 3 is 2.64 bits per heavy atom. The van der Waals surface area contributed by atoms with E-state index in [9.17, 15) is 9.18 Å². The molecule has 2 N–H and O–H groups in total. The fraction of sp³-hybridized carbons (Fsp3) is 0.214. The van der Waals surface area contributed by atoms with Crippen LogP contribution < -0.4 is 10.5 Å². The van der Waals surface area contributed by atoms with Crippen LogP contribution >= 0.6 is 11.8 Å². The van der Waals surface area contributed by atoms with Crippen LogP contribution in [0.15, 0.2) is 29.3 Å². The molecule has 8 heteroatoms. The Balaban J connectivity index is 2.22. The van der Waals surface area contributed by atoms with Gasteiger partial charge in [0.25, 0.3) is 5.91 Å². The Bertz CT molecular complexity index is 737. The first-order chi connectivity index (χ1) is 10.5. The maximum Gasteiger partial charge on any atom is 0.289 e. The molecule has 0 saturated carbocycles. The average molecular weight is 320 g/mol. The lowest BCUT2D eigenvalue weighted by atomic mass is 10.3. The summed E-state index contributed by atoms with van der Waals surface area (Å²) in [6, 6.07) is 7.21. The molecule has 0 radical (unpaired) electrons. The van der Waals surface area contributed by atoms with Crippen molar-refractivity contribution in [3.63, 3.8) is 0 Å². The standard InChI is InChI=1S/C14H13FN4O2S/c1-8(21-10-5-3-9(15)4-6-10)14(20)19-12(17)11(7-16)13(18-19)22-2/h3-6,8H,17H2,1-2H3. The number of nitrogens with zero attached hydrogens (tertiary/aromatic N) is 3. The number of nitriles is 1. The number of carbonyl (C=O) groups excluding carboxylic acids is 1. The molecule has 22 heavy (non-hydrogen) atoms. The van der Waals surface area contributed by atoms with Gasteiger partial charge in [-0.15, -0.1) is 11.8 Å². The molecule has 0 amide bonds. The number of thioether (sulfide) groups is 1. The zero-order valence-corrected chi connectivity index (χ0v) is 12.7. The van der Waals surface area contributed by atoms with E-state index < -0.39 is 17.8 Å². The Morgan fingerprint density at radius 1 is 1.50 bits per heavy atom. The largest absolute Gasteiger partial charge is 0.481 e. The van der Waals surface area contributed by atoms with Crippen molar-refractivity contribution in [2.75, 3.05) is 12.0 Å². The molecule has 2 aromatic rings. The van der Waals surface area contributed by atoms with E-state index in [2.05, 4.69) is 5.10 Å². The Kier molecular flexibility index (Phi) is 4.68. The Hall–Kier alpha value is -2.53. The number of rotatable bonds is 4. The molecule has 0 aliphatic rings. The fourth-order valence-electron chi connectivity index (χ4n) is 1.77. The first-order valence-electron chi connectivity index (χ1n) is 6.27. The monoisotopic (exact) mass is 320 g/mol. The van der Waals surface area contributed by atoms with Crippen LogP contribution in [0.3, 0.4) is 0 Å². The summed E-state index contributed by atoms with van der Waals surface area (Å²) in [5, 5.41) is 13.4. The van der Waals surface area contributed by atoms with Crippen molar-refractivity contribution in [2.24, 2.45) is 0 Å². The van der Waals surface area contributed by atoms with E-state index in [-0.39, 0.29) is 11.4 Å². The van der Waals surface area contributed by atoms with Crippen LogP contribution in [0.2, 0.25) is 0 Å². The number of ether oxygens (including phenoxy) is 1.